The smallest absolute Gasteiger partial charge is 0.239 e. The van der Waals surface area contributed by atoms with Gasteiger partial charge in [0.25, 0.3) is 0 Å². The molecule has 2 rings (SSSR count). The van der Waals surface area contributed by atoms with Crippen LogP contribution in [-0.2, 0) is 20.7 Å². The van der Waals surface area contributed by atoms with Crippen molar-refractivity contribution in [3.63, 3.8) is 0 Å². The third-order valence-electron chi connectivity index (χ3n) is 3.92. The topological polar surface area (TPSA) is 67.4 Å². The van der Waals surface area contributed by atoms with Crippen LogP contribution in [0.2, 0.25) is 0 Å². The lowest BCUT2D eigenvalue weighted by molar-refractivity contribution is -0.125. The molecular weight excluding hydrogens is 328 g/mol. The first-order valence-corrected chi connectivity index (χ1v) is 9.14. The zero-order valence-corrected chi connectivity index (χ0v) is 15.6. The minimum absolute atomic E-state index is 0.00352. The molecule has 26 heavy (non-hydrogen) atoms. The predicted octanol–water partition coefficient (Wildman–Crippen LogP) is 2.68. The molecule has 0 saturated carbocycles. The number of fused-ring (bicyclic) bond motifs is 1. The average molecular weight is 356 g/mol. The second-order valence-electron chi connectivity index (χ2n) is 6.76. The van der Waals surface area contributed by atoms with Gasteiger partial charge in [-0.25, -0.2) is 0 Å². The summed E-state index contributed by atoms with van der Waals surface area (Å²) in [5.74, 6) is 0.179. The highest BCUT2D eigenvalue weighted by atomic mass is 16.5. The van der Waals surface area contributed by atoms with E-state index in [0.29, 0.717) is 19.1 Å². The molecule has 0 bridgehead atoms. The van der Waals surface area contributed by atoms with Crippen LogP contribution in [0.25, 0.3) is 10.8 Å². The number of rotatable bonds is 10. The van der Waals surface area contributed by atoms with Gasteiger partial charge in [0.1, 0.15) is 0 Å². The highest BCUT2D eigenvalue weighted by molar-refractivity contribution is 5.91. The first-order chi connectivity index (χ1) is 12.6. The number of hydrogen-bond donors (Lipinski definition) is 2. The third-order valence-corrected chi connectivity index (χ3v) is 3.92. The quantitative estimate of drug-likeness (QED) is 0.643. The molecule has 2 amide bonds. The maximum Gasteiger partial charge on any atom is 0.239 e. The number of benzene rings is 2. The Morgan fingerprint density at radius 2 is 1.77 bits per heavy atom. The molecule has 0 atom stereocenters. The monoisotopic (exact) mass is 356 g/mol. The molecule has 0 saturated heterocycles. The summed E-state index contributed by atoms with van der Waals surface area (Å²) < 4.78 is 5.46. The Morgan fingerprint density at radius 3 is 2.58 bits per heavy atom. The van der Waals surface area contributed by atoms with Crippen LogP contribution in [0.15, 0.2) is 42.5 Å². The van der Waals surface area contributed by atoms with Gasteiger partial charge >= 0.3 is 0 Å². The summed E-state index contributed by atoms with van der Waals surface area (Å²) in [6.45, 7) is 6.11. The van der Waals surface area contributed by atoms with E-state index in [4.69, 9.17) is 4.74 Å². The molecule has 0 unspecified atom stereocenters. The maximum absolute atomic E-state index is 12.1. The van der Waals surface area contributed by atoms with Gasteiger partial charge in [-0.1, -0.05) is 56.3 Å². The molecule has 2 aromatic rings. The van der Waals surface area contributed by atoms with Crippen molar-refractivity contribution in [3.05, 3.63) is 48.0 Å². The molecule has 0 spiro atoms. The van der Waals surface area contributed by atoms with Gasteiger partial charge in [0.05, 0.1) is 13.0 Å². The Kier molecular flexibility index (Phi) is 8.09. The van der Waals surface area contributed by atoms with E-state index in [9.17, 15) is 9.59 Å². The van der Waals surface area contributed by atoms with Crippen LogP contribution in [0.3, 0.4) is 0 Å². The Hall–Kier alpha value is -2.40. The first kappa shape index (κ1) is 19.9. The maximum atomic E-state index is 12.1. The first-order valence-electron chi connectivity index (χ1n) is 9.14. The van der Waals surface area contributed by atoms with E-state index < -0.39 is 0 Å². The van der Waals surface area contributed by atoms with Crippen LogP contribution in [0.4, 0.5) is 0 Å². The van der Waals surface area contributed by atoms with Gasteiger partial charge in [-0.3, -0.25) is 9.59 Å². The van der Waals surface area contributed by atoms with Gasteiger partial charge < -0.3 is 15.4 Å². The van der Waals surface area contributed by atoms with Crippen LogP contribution in [-0.4, -0.2) is 38.1 Å². The summed E-state index contributed by atoms with van der Waals surface area (Å²) in [6, 6.07) is 13.9. The predicted molar refractivity (Wildman–Crippen MR) is 104 cm³/mol. The Morgan fingerprint density at radius 1 is 1.00 bits per heavy atom. The van der Waals surface area contributed by atoms with Gasteiger partial charge in [0.15, 0.2) is 0 Å². The fourth-order valence-electron chi connectivity index (χ4n) is 2.64. The molecule has 0 aromatic heterocycles. The standard InChI is InChI=1S/C21H28N2O3/c1-16(2)15-26-12-6-11-22-21(25)14-23-20(24)13-18-9-5-8-17-7-3-4-10-19(17)18/h3-5,7-10,16H,6,11-15H2,1-2H3,(H,22,25)(H,23,24). The number of nitrogens with one attached hydrogen (secondary N) is 2. The van der Waals surface area contributed by atoms with Crippen molar-refractivity contribution in [2.24, 2.45) is 5.92 Å². The average Bonchev–Trinajstić information content (AvgIpc) is 2.63. The number of hydrogen-bond acceptors (Lipinski definition) is 3. The largest absolute Gasteiger partial charge is 0.381 e. The minimum atomic E-state index is -0.180. The zero-order valence-electron chi connectivity index (χ0n) is 15.6. The molecule has 2 N–H and O–H groups in total. The van der Waals surface area contributed by atoms with Crippen LogP contribution in [0.5, 0.6) is 0 Å². The van der Waals surface area contributed by atoms with Crippen LogP contribution in [0.1, 0.15) is 25.8 Å². The van der Waals surface area contributed by atoms with Crippen LogP contribution >= 0.6 is 0 Å². The van der Waals surface area contributed by atoms with E-state index in [0.717, 1.165) is 29.4 Å². The van der Waals surface area contributed by atoms with Gasteiger partial charge in [0, 0.05) is 19.8 Å². The van der Waals surface area contributed by atoms with E-state index in [1.165, 1.54) is 0 Å². The van der Waals surface area contributed by atoms with E-state index in [2.05, 4.69) is 24.5 Å². The lowest BCUT2D eigenvalue weighted by Crippen LogP contribution is -2.38. The fourth-order valence-corrected chi connectivity index (χ4v) is 2.64. The third kappa shape index (κ3) is 6.84. The Balaban J connectivity index is 1.67. The molecule has 0 aliphatic rings. The Labute approximate surface area is 155 Å². The second kappa shape index (κ2) is 10.6. The number of carbonyl (C=O) groups is 2. The van der Waals surface area contributed by atoms with Crippen molar-refractivity contribution in [2.45, 2.75) is 26.7 Å². The molecule has 5 heteroatoms. The summed E-state index contributed by atoms with van der Waals surface area (Å²) in [5, 5.41) is 7.64. The van der Waals surface area contributed by atoms with Crippen molar-refractivity contribution in [3.8, 4) is 0 Å². The van der Waals surface area contributed by atoms with Crippen molar-refractivity contribution < 1.29 is 14.3 Å². The molecule has 2 aromatic carbocycles. The van der Waals surface area contributed by atoms with Crippen LogP contribution in [0, 0.1) is 5.92 Å². The van der Waals surface area contributed by atoms with Gasteiger partial charge in [-0.05, 0) is 28.7 Å². The van der Waals surface area contributed by atoms with Gasteiger partial charge in [-0.2, -0.15) is 0 Å². The highest BCUT2D eigenvalue weighted by Crippen LogP contribution is 2.18. The number of amides is 2. The summed E-state index contributed by atoms with van der Waals surface area (Å²) in [4.78, 5) is 23.9. The SMILES string of the molecule is CC(C)COCCCNC(=O)CNC(=O)Cc1cccc2ccccc12. The van der Waals surface area contributed by atoms with E-state index in [-0.39, 0.29) is 24.8 Å². The summed E-state index contributed by atoms with van der Waals surface area (Å²) in [5.41, 5.74) is 0.961. The molecule has 0 aliphatic heterocycles. The number of ether oxygens (including phenoxy) is 1. The lowest BCUT2D eigenvalue weighted by Gasteiger charge is -2.09. The zero-order chi connectivity index (χ0) is 18.8. The Bertz CT molecular complexity index is 723. The lowest BCUT2D eigenvalue weighted by atomic mass is 10.0. The normalized spacial score (nSPS) is 10.9. The van der Waals surface area contributed by atoms with Gasteiger partial charge in [0.2, 0.25) is 11.8 Å². The minimum Gasteiger partial charge on any atom is -0.381 e. The highest BCUT2D eigenvalue weighted by Gasteiger charge is 2.08. The molecule has 0 fully saturated rings. The molecule has 0 radical (unpaired) electrons. The van der Waals surface area contributed by atoms with Crippen molar-refractivity contribution in [2.75, 3.05) is 26.3 Å². The molecule has 5 nitrogen and oxygen atoms in total. The van der Waals surface area contributed by atoms with Crippen molar-refractivity contribution >= 4 is 22.6 Å². The van der Waals surface area contributed by atoms with Crippen molar-refractivity contribution in [1.29, 1.82) is 0 Å². The summed E-state index contributed by atoms with van der Waals surface area (Å²) in [7, 11) is 0. The molecule has 0 heterocycles. The van der Waals surface area contributed by atoms with Gasteiger partial charge in [-0.15, -0.1) is 0 Å². The molecular formula is C21H28N2O3. The van der Waals surface area contributed by atoms with E-state index in [1.807, 2.05) is 42.5 Å². The number of carbonyl (C=O) groups excluding carboxylic acids is 2. The van der Waals surface area contributed by atoms with E-state index >= 15 is 0 Å². The second-order valence-corrected chi connectivity index (χ2v) is 6.76. The molecule has 140 valence electrons. The van der Waals surface area contributed by atoms with Crippen molar-refractivity contribution in [1.82, 2.24) is 10.6 Å². The summed E-state index contributed by atoms with van der Waals surface area (Å²) >= 11 is 0. The molecule has 0 aliphatic carbocycles. The fraction of sp³-hybridized carbons (Fsp3) is 0.429. The van der Waals surface area contributed by atoms with Crippen LogP contribution < -0.4 is 10.6 Å². The van der Waals surface area contributed by atoms with E-state index in [1.54, 1.807) is 0 Å². The summed E-state index contributed by atoms with van der Waals surface area (Å²) in [6.07, 6.45) is 1.03.